The number of carbonyl (C=O) groups is 2. The third kappa shape index (κ3) is 5.65. The van der Waals surface area contributed by atoms with E-state index in [2.05, 4.69) is 16.7 Å². The van der Waals surface area contributed by atoms with E-state index in [4.69, 9.17) is 9.90 Å². The molecule has 0 aromatic heterocycles. The molecule has 0 saturated carbocycles. The van der Waals surface area contributed by atoms with Gasteiger partial charge in [-0.25, -0.2) is 4.79 Å². The minimum absolute atomic E-state index is 0.206. The number of amides is 1. The number of alkyl halides is 3. The molecule has 2 aliphatic heterocycles. The number of carboxylic acids is 1. The van der Waals surface area contributed by atoms with Gasteiger partial charge in [0, 0.05) is 25.6 Å². The largest absolute Gasteiger partial charge is 0.490 e. The topological polar surface area (TPSA) is 60.9 Å². The van der Waals surface area contributed by atoms with Crippen molar-refractivity contribution in [2.75, 3.05) is 26.7 Å². The number of carbonyl (C=O) groups excluding carboxylic acids is 1. The van der Waals surface area contributed by atoms with Crippen LogP contribution in [0.3, 0.4) is 0 Å². The van der Waals surface area contributed by atoms with Crippen molar-refractivity contribution in [1.82, 2.24) is 9.80 Å². The fourth-order valence-electron chi connectivity index (χ4n) is 3.37. The summed E-state index contributed by atoms with van der Waals surface area (Å²) in [4.78, 5) is 25.3. The highest BCUT2D eigenvalue weighted by atomic mass is 19.4. The molecule has 140 valence electrons. The van der Waals surface area contributed by atoms with Gasteiger partial charge in [0.2, 0.25) is 5.91 Å². The van der Waals surface area contributed by atoms with Crippen molar-refractivity contribution < 1.29 is 27.9 Å². The van der Waals surface area contributed by atoms with Gasteiger partial charge >= 0.3 is 12.1 Å². The standard InChI is InChI=1S/C14H26N2O.C2HF3O2/c1-3-4-10-16-11-5-7-14(9-12-16)8-6-13(17)15(14)2;3-2(4,5)1(6)7/h3-12H2,1-2H3;(H,6,7). The van der Waals surface area contributed by atoms with Crippen LogP contribution in [0.4, 0.5) is 13.2 Å². The monoisotopic (exact) mass is 352 g/mol. The summed E-state index contributed by atoms with van der Waals surface area (Å²) >= 11 is 0. The van der Waals surface area contributed by atoms with E-state index in [9.17, 15) is 18.0 Å². The van der Waals surface area contributed by atoms with Gasteiger partial charge in [-0.1, -0.05) is 13.3 Å². The molecule has 24 heavy (non-hydrogen) atoms. The van der Waals surface area contributed by atoms with Crippen molar-refractivity contribution in [3.05, 3.63) is 0 Å². The summed E-state index contributed by atoms with van der Waals surface area (Å²) in [6.45, 7) is 5.90. The van der Waals surface area contributed by atoms with E-state index >= 15 is 0 Å². The molecule has 8 heteroatoms. The summed E-state index contributed by atoms with van der Waals surface area (Å²) in [6.07, 6.45) is 3.00. The lowest BCUT2D eigenvalue weighted by Crippen LogP contribution is -2.43. The molecule has 0 aliphatic carbocycles. The highest BCUT2D eigenvalue weighted by Gasteiger charge is 2.43. The Balaban J connectivity index is 0.000000351. The zero-order valence-corrected chi connectivity index (χ0v) is 14.4. The molecule has 0 aromatic rings. The van der Waals surface area contributed by atoms with Crippen LogP contribution in [0.25, 0.3) is 0 Å². The molecule has 1 atom stereocenters. The zero-order valence-electron chi connectivity index (χ0n) is 14.4. The van der Waals surface area contributed by atoms with Crippen molar-refractivity contribution in [1.29, 1.82) is 0 Å². The number of hydrogen-bond acceptors (Lipinski definition) is 3. The maximum absolute atomic E-state index is 11.7. The van der Waals surface area contributed by atoms with Crippen LogP contribution in [0, 0.1) is 0 Å². The maximum Gasteiger partial charge on any atom is 0.490 e. The molecule has 2 fully saturated rings. The SMILES string of the molecule is CCCCN1CCCC2(CCC(=O)N2C)CC1.O=C(O)C(F)(F)F. The highest BCUT2D eigenvalue weighted by Crippen LogP contribution is 2.37. The number of unbranched alkanes of at least 4 members (excludes halogenated alkanes) is 1. The number of nitrogens with zero attached hydrogens (tertiary/aromatic N) is 2. The van der Waals surface area contributed by atoms with Gasteiger partial charge in [0.05, 0.1) is 0 Å². The third-order valence-electron chi connectivity index (χ3n) is 4.97. The minimum Gasteiger partial charge on any atom is -0.475 e. The summed E-state index contributed by atoms with van der Waals surface area (Å²) in [5, 5.41) is 7.12. The summed E-state index contributed by atoms with van der Waals surface area (Å²) < 4.78 is 31.7. The average Bonchev–Trinajstić information content (AvgIpc) is 2.68. The second-order valence-electron chi connectivity index (χ2n) is 6.53. The van der Waals surface area contributed by atoms with Crippen LogP contribution in [0.2, 0.25) is 0 Å². The molecule has 0 aromatic carbocycles. The van der Waals surface area contributed by atoms with Crippen LogP contribution in [-0.2, 0) is 9.59 Å². The number of rotatable bonds is 3. The van der Waals surface area contributed by atoms with Crippen molar-refractivity contribution in [2.24, 2.45) is 0 Å². The predicted octanol–water partition coefficient (Wildman–Crippen LogP) is 2.90. The van der Waals surface area contributed by atoms with Crippen LogP contribution in [0.1, 0.15) is 51.9 Å². The van der Waals surface area contributed by atoms with E-state index in [0.717, 1.165) is 12.8 Å². The van der Waals surface area contributed by atoms with Gasteiger partial charge in [-0.05, 0) is 45.2 Å². The molecule has 1 spiro atoms. The lowest BCUT2D eigenvalue weighted by molar-refractivity contribution is -0.192. The first-order chi connectivity index (χ1) is 11.1. The van der Waals surface area contributed by atoms with Gasteiger partial charge in [0.1, 0.15) is 0 Å². The Morgan fingerprint density at radius 2 is 1.88 bits per heavy atom. The number of halogens is 3. The lowest BCUT2D eigenvalue weighted by Gasteiger charge is -2.35. The number of hydrogen-bond donors (Lipinski definition) is 1. The van der Waals surface area contributed by atoms with E-state index < -0.39 is 12.1 Å². The van der Waals surface area contributed by atoms with Gasteiger partial charge < -0.3 is 14.9 Å². The Morgan fingerprint density at radius 1 is 1.25 bits per heavy atom. The molecule has 2 saturated heterocycles. The van der Waals surface area contributed by atoms with Gasteiger partial charge in [-0.15, -0.1) is 0 Å². The fourth-order valence-corrected chi connectivity index (χ4v) is 3.37. The molecule has 1 amide bonds. The molecule has 0 bridgehead atoms. The van der Waals surface area contributed by atoms with Crippen molar-refractivity contribution in [3.8, 4) is 0 Å². The fraction of sp³-hybridized carbons (Fsp3) is 0.875. The summed E-state index contributed by atoms with van der Waals surface area (Å²) in [5.74, 6) is -2.40. The van der Waals surface area contributed by atoms with Crippen LogP contribution in [-0.4, -0.2) is 65.2 Å². The van der Waals surface area contributed by atoms with Crippen LogP contribution < -0.4 is 0 Å². The first kappa shape index (κ1) is 20.7. The van der Waals surface area contributed by atoms with E-state index in [1.807, 2.05) is 7.05 Å². The second kappa shape index (κ2) is 8.69. The van der Waals surface area contributed by atoms with Gasteiger partial charge in [0.15, 0.2) is 0 Å². The third-order valence-corrected chi connectivity index (χ3v) is 4.97. The zero-order chi connectivity index (χ0) is 18.4. The molecular weight excluding hydrogens is 325 g/mol. The Kier molecular flexibility index (Phi) is 7.51. The predicted molar refractivity (Wildman–Crippen MR) is 83.6 cm³/mol. The summed E-state index contributed by atoms with van der Waals surface area (Å²) in [6, 6.07) is 0. The molecule has 2 rings (SSSR count). The lowest BCUT2D eigenvalue weighted by atomic mass is 9.88. The van der Waals surface area contributed by atoms with Gasteiger partial charge in [0.25, 0.3) is 0 Å². The molecular formula is C16H27F3N2O3. The first-order valence-corrected chi connectivity index (χ1v) is 8.41. The Morgan fingerprint density at radius 3 is 2.33 bits per heavy atom. The number of likely N-dealkylation sites (tertiary alicyclic amines) is 2. The van der Waals surface area contributed by atoms with E-state index in [1.165, 1.54) is 51.7 Å². The number of aliphatic carboxylic acids is 1. The van der Waals surface area contributed by atoms with Crippen LogP contribution in [0.15, 0.2) is 0 Å². The van der Waals surface area contributed by atoms with Gasteiger partial charge in [-0.2, -0.15) is 13.2 Å². The Labute approximate surface area is 140 Å². The van der Waals surface area contributed by atoms with Crippen molar-refractivity contribution in [2.45, 2.75) is 63.6 Å². The molecule has 1 N–H and O–H groups in total. The molecule has 5 nitrogen and oxygen atoms in total. The maximum atomic E-state index is 11.7. The Hall–Kier alpha value is -1.31. The first-order valence-electron chi connectivity index (χ1n) is 8.41. The molecule has 1 unspecified atom stereocenters. The molecule has 2 aliphatic rings. The molecule has 2 heterocycles. The summed E-state index contributed by atoms with van der Waals surface area (Å²) in [7, 11) is 2.01. The van der Waals surface area contributed by atoms with Crippen molar-refractivity contribution >= 4 is 11.9 Å². The van der Waals surface area contributed by atoms with Gasteiger partial charge in [-0.3, -0.25) is 4.79 Å². The average molecular weight is 352 g/mol. The quantitative estimate of drug-likeness (QED) is 0.848. The van der Waals surface area contributed by atoms with Crippen molar-refractivity contribution in [3.63, 3.8) is 0 Å². The van der Waals surface area contributed by atoms with E-state index in [1.54, 1.807) is 0 Å². The highest BCUT2D eigenvalue weighted by molar-refractivity contribution is 5.79. The Bertz CT molecular complexity index is 443. The summed E-state index contributed by atoms with van der Waals surface area (Å²) in [5.41, 5.74) is 0.206. The second-order valence-corrected chi connectivity index (χ2v) is 6.53. The normalized spacial score (nSPS) is 25.4. The van der Waals surface area contributed by atoms with E-state index in [0.29, 0.717) is 5.91 Å². The van der Waals surface area contributed by atoms with Crippen LogP contribution in [0.5, 0.6) is 0 Å². The van der Waals surface area contributed by atoms with Crippen LogP contribution >= 0.6 is 0 Å². The smallest absolute Gasteiger partial charge is 0.475 e. The number of carboxylic acid groups (broad SMARTS) is 1. The minimum atomic E-state index is -5.08. The molecule has 0 radical (unpaired) electrons. The van der Waals surface area contributed by atoms with E-state index in [-0.39, 0.29) is 5.54 Å².